The average Bonchev–Trinajstić information content (AvgIpc) is 3.62. The fraction of sp³-hybridized carbons (Fsp3) is 0.586. The number of ketones is 1. The summed E-state index contributed by atoms with van der Waals surface area (Å²) in [5.41, 5.74) is -2.02. The van der Waals surface area contributed by atoms with E-state index < -0.39 is 53.1 Å². The smallest absolute Gasteiger partial charge is 0.433 e. The largest absolute Gasteiger partial charge is 0.481 e. The van der Waals surface area contributed by atoms with Crippen molar-refractivity contribution in [1.29, 1.82) is 0 Å². The summed E-state index contributed by atoms with van der Waals surface area (Å²) in [5.74, 6) is -1.98. The van der Waals surface area contributed by atoms with E-state index in [-0.39, 0.29) is 53.3 Å². The fourth-order valence-corrected chi connectivity index (χ4v) is 7.87. The van der Waals surface area contributed by atoms with E-state index in [1.165, 1.54) is 4.90 Å². The normalized spacial score (nSPS) is 27.7. The molecule has 1 heterocycles. The number of nitrogens with zero attached hydrogens (tertiary/aromatic N) is 3. The van der Waals surface area contributed by atoms with Crippen LogP contribution in [-0.4, -0.2) is 50.0 Å². The summed E-state index contributed by atoms with van der Waals surface area (Å²) in [7, 11) is 0. The van der Waals surface area contributed by atoms with Gasteiger partial charge in [0.1, 0.15) is 0 Å². The molecular formula is C29H32Cl2F3N3O4. The van der Waals surface area contributed by atoms with Crippen LogP contribution in [0.3, 0.4) is 0 Å². The summed E-state index contributed by atoms with van der Waals surface area (Å²) in [6, 6.07) is 2.07. The second-order valence-corrected chi connectivity index (χ2v) is 13.0. The molecule has 7 nitrogen and oxygen atoms in total. The molecule has 12 heteroatoms. The number of rotatable bonds is 7. The van der Waals surface area contributed by atoms with Gasteiger partial charge in [-0.3, -0.25) is 19.1 Å². The summed E-state index contributed by atoms with van der Waals surface area (Å²) in [6.07, 6.45) is 0.102. The maximum Gasteiger partial charge on any atom is 0.433 e. The molecule has 5 rings (SSSR count). The predicted octanol–water partition coefficient (Wildman–Crippen LogP) is 7.24. The lowest BCUT2D eigenvalue weighted by Crippen LogP contribution is -2.46. The van der Waals surface area contributed by atoms with Crippen molar-refractivity contribution in [3.8, 4) is 0 Å². The molecule has 0 unspecified atom stereocenters. The Hall–Kier alpha value is -2.59. The Labute approximate surface area is 246 Å². The summed E-state index contributed by atoms with van der Waals surface area (Å²) >= 11 is 12.7. The Balaban J connectivity index is 1.49. The molecule has 1 aromatic heterocycles. The lowest BCUT2D eigenvalue weighted by atomic mass is 9.74. The molecule has 1 aromatic carbocycles. The minimum absolute atomic E-state index is 0.0373. The van der Waals surface area contributed by atoms with Crippen molar-refractivity contribution in [2.45, 2.75) is 83.5 Å². The number of Topliss-reactive ketones (excluding diaryl/α,β-unsaturated/α-hetero) is 1. The number of carbonyl (C=O) groups excluding carboxylic acids is 2. The highest BCUT2D eigenvalue weighted by Gasteiger charge is 2.48. The van der Waals surface area contributed by atoms with Gasteiger partial charge in [0, 0.05) is 6.04 Å². The Morgan fingerprint density at radius 2 is 1.73 bits per heavy atom. The van der Waals surface area contributed by atoms with Crippen molar-refractivity contribution in [1.82, 2.24) is 14.7 Å². The maximum atomic E-state index is 14.6. The van der Waals surface area contributed by atoms with Gasteiger partial charge in [-0.15, -0.1) is 0 Å². The highest BCUT2D eigenvalue weighted by atomic mass is 35.5. The Kier molecular flexibility index (Phi) is 7.96. The first-order valence-electron chi connectivity index (χ1n) is 13.9. The molecule has 0 spiro atoms. The van der Waals surface area contributed by atoms with Gasteiger partial charge in [0.15, 0.2) is 11.5 Å². The summed E-state index contributed by atoms with van der Waals surface area (Å²) in [6.45, 7) is 2.89. The number of carbonyl (C=O) groups is 3. The number of aromatic nitrogens is 2. The highest BCUT2D eigenvalue weighted by Crippen LogP contribution is 2.48. The minimum atomic E-state index is -4.90. The number of hydrogen-bond acceptors (Lipinski definition) is 4. The Morgan fingerprint density at radius 3 is 2.24 bits per heavy atom. The van der Waals surface area contributed by atoms with Crippen molar-refractivity contribution < 1.29 is 32.7 Å². The van der Waals surface area contributed by atoms with Crippen molar-refractivity contribution in [2.24, 2.45) is 17.3 Å². The summed E-state index contributed by atoms with van der Waals surface area (Å²) in [5, 5.41) is 13.8. The van der Waals surface area contributed by atoms with Crippen LogP contribution in [0.25, 0.3) is 0 Å². The van der Waals surface area contributed by atoms with E-state index in [9.17, 15) is 32.7 Å². The minimum Gasteiger partial charge on any atom is -0.481 e. The van der Waals surface area contributed by atoms with E-state index in [0.29, 0.717) is 12.3 Å². The predicted molar refractivity (Wildman–Crippen MR) is 146 cm³/mol. The van der Waals surface area contributed by atoms with Crippen LogP contribution in [0.2, 0.25) is 10.0 Å². The molecule has 3 saturated carbocycles. The monoisotopic (exact) mass is 613 g/mol. The van der Waals surface area contributed by atoms with Crippen LogP contribution in [0.5, 0.6) is 0 Å². The maximum absolute atomic E-state index is 14.6. The summed E-state index contributed by atoms with van der Waals surface area (Å²) < 4.78 is 44.6. The number of aliphatic carboxylic acids is 1. The molecule has 3 fully saturated rings. The van der Waals surface area contributed by atoms with Crippen molar-refractivity contribution in [2.75, 3.05) is 6.54 Å². The van der Waals surface area contributed by atoms with E-state index in [0.717, 1.165) is 35.7 Å². The fourth-order valence-electron chi connectivity index (χ4n) is 7.06. The Bertz CT molecular complexity index is 1360. The second kappa shape index (κ2) is 10.9. The zero-order valence-electron chi connectivity index (χ0n) is 22.8. The van der Waals surface area contributed by atoms with Crippen molar-refractivity contribution >= 4 is 40.9 Å². The third-order valence-electron chi connectivity index (χ3n) is 9.36. The van der Waals surface area contributed by atoms with Gasteiger partial charge >= 0.3 is 12.1 Å². The van der Waals surface area contributed by atoms with Crippen LogP contribution < -0.4 is 0 Å². The number of carboxylic acids is 1. The van der Waals surface area contributed by atoms with E-state index in [4.69, 9.17) is 23.2 Å². The zero-order valence-corrected chi connectivity index (χ0v) is 24.3. The van der Waals surface area contributed by atoms with Crippen LogP contribution in [0.1, 0.15) is 96.3 Å². The van der Waals surface area contributed by atoms with Crippen LogP contribution in [0.15, 0.2) is 18.3 Å². The molecule has 2 bridgehead atoms. The number of carboxylic acid groups (broad SMARTS) is 1. The van der Waals surface area contributed by atoms with E-state index in [1.807, 2.05) is 0 Å². The molecule has 1 N–H and O–H groups in total. The van der Waals surface area contributed by atoms with Gasteiger partial charge in [0.2, 0.25) is 0 Å². The molecule has 3 aliphatic rings. The van der Waals surface area contributed by atoms with E-state index in [2.05, 4.69) is 5.10 Å². The highest BCUT2D eigenvalue weighted by molar-refractivity contribution is 6.40. The van der Waals surface area contributed by atoms with Gasteiger partial charge in [-0.25, -0.2) is 0 Å². The lowest BCUT2D eigenvalue weighted by Gasteiger charge is -2.35. The van der Waals surface area contributed by atoms with Crippen LogP contribution in [0, 0.1) is 24.2 Å². The number of hydrogen-bond donors (Lipinski definition) is 1. The number of aryl methyl sites for hydroxylation is 1. The number of amides is 1. The molecule has 41 heavy (non-hydrogen) atoms. The Morgan fingerprint density at radius 1 is 1.10 bits per heavy atom. The van der Waals surface area contributed by atoms with Crippen molar-refractivity contribution in [3.63, 3.8) is 0 Å². The molecule has 0 aliphatic heterocycles. The first-order chi connectivity index (χ1) is 19.2. The van der Waals surface area contributed by atoms with Gasteiger partial charge in [-0.2, -0.15) is 18.3 Å². The molecule has 222 valence electrons. The SMILES string of the molecule is Cc1cc(Cl)c(C(=O)CN(C(=O)c2cnn([C@H]3CC[C@](C)(C(=O)O)CC3)c2C(F)(F)F)[C@H]2C[C@@H]3CC[C@H]2C3)c(Cl)c1. The van der Waals surface area contributed by atoms with Gasteiger partial charge < -0.3 is 10.0 Å². The van der Waals surface area contributed by atoms with Gasteiger partial charge in [-0.05, 0) is 88.3 Å². The van der Waals surface area contributed by atoms with Crippen LogP contribution >= 0.6 is 23.2 Å². The molecule has 3 atom stereocenters. The molecule has 0 radical (unpaired) electrons. The topological polar surface area (TPSA) is 92.5 Å². The molecule has 2 aromatic rings. The standard InChI is InChI=1S/C29H32Cl2F3N3O4/c1-15-9-20(30)24(21(31)10-15)23(38)14-36(22-12-16-3-4-17(22)11-16)26(39)19-13-35-37(25(19)29(32,33)34)18-5-7-28(2,8-6-18)27(40)41/h9-10,13,16-18,22H,3-8,11-12,14H2,1-2H3,(H,40,41)/t16-,17+,18-,22+,28-/m1/s1. The van der Waals surface area contributed by atoms with Crippen LogP contribution in [-0.2, 0) is 11.0 Å². The third kappa shape index (κ3) is 5.61. The van der Waals surface area contributed by atoms with Gasteiger partial charge in [0.05, 0.1) is 45.4 Å². The first kappa shape index (κ1) is 29.9. The van der Waals surface area contributed by atoms with E-state index in [1.54, 1.807) is 26.0 Å². The number of halogens is 5. The zero-order chi connectivity index (χ0) is 29.9. The van der Waals surface area contributed by atoms with Crippen molar-refractivity contribution in [3.05, 3.63) is 50.8 Å². The average molecular weight is 614 g/mol. The first-order valence-corrected chi connectivity index (χ1v) is 14.6. The third-order valence-corrected chi connectivity index (χ3v) is 9.95. The number of benzene rings is 1. The molecule has 0 saturated heterocycles. The van der Waals surface area contributed by atoms with Gasteiger partial charge in [-0.1, -0.05) is 29.6 Å². The van der Waals surface area contributed by atoms with Gasteiger partial charge in [0.25, 0.3) is 5.91 Å². The molecule has 1 amide bonds. The summed E-state index contributed by atoms with van der Waals surface area (Å²) in [4.78, 5) is 40.5. The van der Waals surface area contributed by atoms with E-state index >= 15 is 0 Å². The lowest BCUT2D eigenvalue weighted by molar-refractivity contribution is -0.152. The quantitative estimate of drug-likeness (QED) is 0.332. The molecular weight excluding hydrogens is 582 g/mol. The molecule has 3 aliphatic carbocycles. The number of alkyl halides is 3. The number of fused-ring (bicyclic) bond motifs is 2. The second-order valence-electron chi connectivity index (χ2n) is 12.1. The van der Waals surface area contributed by atoms with Crippen LogP contribution in [0.4, 0.5) is 13.2 Å².